The maximum absolute atomic E-state index is 11.6. The van der Waals surface area contributed by atoms with Crippen molar-refractivity contribution in [2.24, 2.45) is 5.10 Å². The second kappa shape index (κ2) is 7.60. The van der Waals surface area contributed by atoms with E-state index in [1.54, 1.807) is 6.21 Å². The van der Waals surface area contributed by atoms with E-state index in [-0.39, 0.29) is 5.91 Å². The Morgan fingerprint density at radius 2 is 2.39 bits per heavy atom. The minimum Gasteiger partial charge on any atom is -0.353 e. The SMILES string of the molecule is O=C(CSc1n[nH]c(N/N=C\c2cccc(Br)c2)n1)NC1CC1. The van der Waals surface area contributed by atoms with E-state index in [1.165, 1.54) is 11.8 Å². The number of thioether (sulfide) groups is 1. The summed E-state index contributed by atoms with van der Waals surface area (Å²) in [7, 11) is 0. The van der Waals surface area contributed by atoms with E-state index in [9.17, 15) is 4.79 Å². The van der Waals surface area contributed by atoms with Crippen molar-refractivity contribution in [1.82, 2.24) is 20.5 Å². The number of nitrogens with zero attached hydrogens (tertiary/aromatic N) is 3. The Morgan fingerprint density at radius 1 is 1.52 bits per heavy atom. The van der Waals surface area contributed by atoms with E-state index in [0.29, 0.717) is 22.9 Å². The number of carbonyl (C=O) groups excluding carboxylic acids is 1. The van der Waals surface area contributed by atoms with Gasteiger partial charge in [0.25, 0.3) is 0 Å². The number of hydrazone groups is 1. The first-order valence-corrected chi connectivity index (χ1v) is 8.86. The number of aromatic nitrogens is 3. The highest BCUT2D eigenvalue weighted by atomic mass is 79.9. The van der Waals surface area contributed by atoms with Crippen molar-refractivity contribution in [2.45, 2.75) is 24.0 Å². The summed E-state index contributed by atoms with van der Waals surface area (Å²) in [6.45, 7) is 0. The quantitative estimate of drug-likeness (QED) is 0.380. The number of halogens is 1. The third kappa shape index (κ3) is 5.36. The van der Waals surface area contributed by atoms with Crippen molar-refractivity contribution < 1.29 is 4.79 Å². The molecule has 23 heavy (non-hydrogen) atoms. The topological polar surface area (TPSA) is 95.1 Å². The maximum Gasteiger partial charge on any atom is 0.240 e. The first kappa shape index (κ1) is 16.0. The molecule has 1 aromatic heterocycles. The second-order valence-corrected chi connectivity index (χ2v) is 6.88. The summed E-state index contributed by atoms with van der Waals surface area (Å²) < 4.78 is 0.990. The van der Waals surface area contributed by atoms with Gasteiger partial charge in [-0.2, -0.15) is 10.1 Å². The van der Waals surface area contributed by atoms with Crippen LogP contribution in [-0.4, -0.2) is 39.1 Å². The monoisotopic (exact) mass is 394 g/mol. The van der Waals surface area contributed by atoms with E-state index in [0.717, 1.165) is 22.9 Å². The Balaban J connectivity index is 1.46. The molecule has 0 bridgehead atoms. The van der Waals surface area contributed by atoms with Crippen molar-refractivity contribution in [1.29, 1.82) is 0 Å². The molecule has 0 spiro atoms. The van der Waals surface area contributed by atoms with Crippen LogP contribution in [0.4, 0.5) is 5.95 Å². The van der Waals surface area contributed by atoms with Crippen LogP contribution in [0.25, 0.3) is 0 Å². The van der Waals surface area contributed by atoms with Gasteiger partial charge >= 0.3 is 0 Å². The Labute approximate surface area is 145 Å². The molecule has 0 radical (unpaired) electrons. The molecule has 120 valence electrons. The number of nitrogens with one attached hydrogen (secondary N) is 3. The molecule has 1 saturated carbocycles. The van der Waals surface area contributed by atoms with E-state index >= 15 is 0 Å². The lowest BCUT2D eigenvalue weighted by Crippen LogP contribution is -2.27. The molecule has 0 unspecified atom stereocenters. The lowest BCUT2D eigenvalue weighted by atomic mass is 10.2. The van der Waals surface area contributed by atoms with Gasteiger partial charge in [0.15, 0.2) is 0 Å². The zero-order chi connectivity index (χ0) is 16.1. The van der Waals surface area contributed by atoms with Gasteiger partial charge in [0, 0.05) is 10.5 Å². The summed E-state index contributed by atoms with van der Waals surface area (Å²) in [6, 6.07) is 8.15. The first-order chi connectivity index (χ1) is 11.2. The van der Waals surface area contributed by atoms with Gasteiger partial charge in [0.05, 0.1) is 12.0 Å². The number of aromatic amines is 1. The highest BCUT2D eigenvalue weighted by Crippen LogP contribution is 2.19. The van der Waals surface area contributed by atoms with E-state index in [4.69, 9.17) is 0 Å². The molecule has 0 aliphatic heterocycles. The molecular weight excluding hydrogens is 380 g/mol. The predicted molar refractivity (Wildman–Crippen MR) is 93.6 cm³/mol. The summed E-state index contributed by atoms with van der Waals surface area (Å²) in [5, 5.41) is 14.3. The number of benzene rings is 1. The van der Waals surface area contributed by atoms with Crippen LogP contribution in [0.5, 0.6) is 0 Å². The van der Waals surface area contributed by atoms with Crippen LogP contribution in [0.3, 0.4) is 0 Å². The fourth-order valence-corrected chi connectivity index (χ4v) is 2.77. The molecule has 9 heteroatoms. The predicted octanol–water partition coefficient (Wildman–Crippen LogP) is 2.38. The molecule has 7 nitrogen and oxygen atoms in total. The van der Waals surface area contributed by atoms with Gasteiger partial charge in [-0.25, -0.2) is 10.5 Å². The Morgan fingerprint density at radius 3 is 3.17 bits per heavy atom. The van der Waals surface area contributed by atoms with Crippen LogP contribution in [0.15, 0.2) is 39.0 Å². The number of carbonyl (C=O) groups is 1. The van der Waals surface area contributed by atoms with Crippen molar-refractivity contribution in [3.8, 4) is 0 Å². The summed E-state index contributed by atoms with van der Waals surface area (Å²) in [5.74, 6) is 0.764. The summed E-state index contributed by atoms with van der Waals surface area (Å²) in [4.78, 5) is 15.8. The van der Waals surface area contributed by atoms with Gasteiger partial charge in [0.2, 0.25) is 17.0 Å². The highest BCUT2D eigenvalue weighted by molar-refractivity contribution is 9.10. The third-order valence-electron chi connectivity index (χ3n) is 2.97. The highest BCUT2D eigenvalue weighted by Gasteiger charge is 2.23. The largest absolute Gasteiger partial charge is 0.353 e. The van der Waals surface area contributed by atoms with Crippen LogP contribution in [0, 0.1) is 0 Å². The Hall–Kier alpha value is -1.87. The normalized spacial score (nSPS) is 14.1. The van der Waals surface area contributed by atoms with Crippen LogP contribution >= 0.6 is 27.7 Å². The van der Waals surface area contributed by atoms with Gasteiger partial charge in [-0.15, -0.1) is 5.10 Å². The standard InChI is InChI=1S/C14H15BrN6OS/c15-10-3-1-2-9(6-10)7-16-19-13-18-14(21-20-13)23-8-12(22)17-11-4-5-11/h1-3,6-7,11H,4-5,8H2,(H,17,22)(H2,18,19,20,21)/b16-7-. The minimum absolute atomic E-state index is 0.0180. The maximum atomic E-state index is 11.6. The molecule has 1 aliphatic carbocycles. The molecule has 1 amide bonds. The fourth-order valence-electron chi connectivity index (χ4n) is 1.74. The van der Waals surface area contributed by atoms with Crippen molar-refractivity contribution >= 4 is 45.8 Å². The summed E-state index contributed by atoms with van der Waals surface area (Å²) in [5.41, 5.74) is 3.73. The van der Waals surface area contributed by atoms with Crippen LogP contribution < -0.4 is 10.7 Å². The number of H-pyrrole nitrogens is 1. The fraction of sp³-hybridized carbons (Fsp3) is 0.286. The van der Waals surface area contributed by atoms with Gasteiger partial charge in [-0.05, 0) is 30.5 Å². The Bertz CT molecular complexity index is 715. The third-order valence-corrected chi connectivity index (χ3v) is 4.31. The molecular formula is C14H15BrN6OS. The van der Waals surface area contributed by atoms with Gasteiger partial charge in [0.1, 0.15) is 0 Å². The summed E-state index contributed by atoms with van der Waals surface area (Å²) in [6.07, 6.45) is 3.85. The average molecular weight is 395 g/mol. The molecule has 0 atom stereocenters. The second-order valence-electron chi connectivity index (χ2n) is 5.02. The van der Waals surface area contributed by atoms with E-state index in [2.05, 4.69) is 47.0 Å². The molecule has 3 rings (SSSR count). The molecule has 2 aromatic rings. The van der Waals surface area contributed by atoms with Crippen molar-refractivity contribution in [3.05, 3.63) is 34.3 Å². The lowest BCUT2D eigenvalue weighted by molar-refractivity contribution is -0.118. The van der Waals surface area contributed by atoms with E-state index in [1.807, 2.05) is 24.3 Å². The van der Waals surface area contributed by atoms with Crippen LogP contribution in [0.1, 0.15) is 18.4 Å². The molecule has 0 saturated heterocycles. The smallest absolute Gasteiger partial charge is 0.240 e. The zero-order valence-corrected chi connectivity index (χ0v) is 14.5. The number of hydrogen-bond acceptors (Lipinski definition) is 6. The van der Waals surface area contributed by atoms with Gasteiger partial charge < -0.3 is 5.32 Å². The molecule has 1 aromatic carbocycles. The average Bonchev–Trinajstić information content (AvgIpc) is 3.22. The lowest BCUT2D eigenvalue weighted by Gasteiger charge is -1.99. The molecule has 1 fully saturated rings. The van der Waals surface area contributed by atoms with Gasteiger partial charge in [-0.3, -0.25) is 4.79 Å². The number of amides is 1. The summed E-state index contributed by atoms with van der Waals surface area (Å²) >= 11 is 4.69. The minimum atomic E-state index is 0.0180. The Kier molecular flexibility index (Phi) is 5.29. The zero-order valence-electron chi connectivity index (χ0n) is 12.1. The van der Waals surface area contributed by atoms with Crippen LogP contribution in [-0.2, 0) is 4.79 Å². The molecule has 3 N–H and O–H groups in total. The van der Waals surface area contributed by atoms with Gasteiger partial charge in [-0.1, -0.05) is 39.8 Å². The number of rotatable bonds is 7. The van der Waals surface area contributed by atoms with Crippen LogP contribution in [0.2, 0.25) is 0 Å². The number of anilines is 1. The molecule has 1 heterocycles. The molecule has 1 aliphatic rings. The first-order valence-electron chi connectivity index (χ1n) is 7.08. The van der Waals surface area contributed by atoms with E-state index < -0.39 is 0 Å². The van der Waals surface area contributed by atoms with Crippen molar-refractivity contribution in [2.75, 3.05) is 11.2 Å². The van der Waals surface area contributed by atoms with Crippen molar-refractivity contribution in [3.63, 3.8) is 0 Å². The number of hydrogen-bond donors (Lipinski definition) is 3.